The van der Waals surface area contributed by atoms with Gasteiger partial charge in [0, 0.05) is 12.8 Å². The van der Waals surface area contributed by atoms with Crippen LogP contribution in [0.3, 0.4) is 0 Å². The molecule has 490 valence electrons. The van der Waals surface area contributed by atoms with Crippen molar-refractivity contribution in [1.29, 1.82) is 0 Å². The average molecular weight is 1270 g/mol. The minimum Gasteiger partial charge on any atom is -0.726 e. The number of hydrogen-bond donors (Lipinski definition) is 13. The number of Topliss-reactive ketones (excluding diaryl/α,β-unsaturated/α-hetero) is 1. The van der Waals surface area contributed by atoms with Crippen LogP contribution < -0.4 is 29.6 Å². The number of carbonyl (C=O) groups is 1. The van der Waals surface area contributed by atoms with E-state index in [1.54, 1.807) is 6.92 Å². The topological polar surface area (TPSA) is 439 Å². The molecule has 9 aliphatic rings. The molecular weight excluding hydrogens is 1180 g/mol. The summed E-state index contributed by atoms with van der Waals surface area (Å²) in [6.07, 6.45) is -37.5. The number of hydrogen-bond acceptors (Lipinski definition) is 28. The molecule has 30 heteroatoms. The predicted molar refractivity (Wildman–Crippen MR) is 284 cm³/mol. The first-order valence-corrected chi connectivity index (χ1v) is 31.2. The van der Waals surface area contributed by atoms with Crippen LogP contribution in [0.2, 0.25) is 0 Å². The third kappa shape index (κ3) is 14.2. The van der Waals surface area contributed by atoms with Gasteiger partial charge in [-0.15, -0.1) is 0 Å². The van der Waals surface area contributed by atoms with Gasteiger partial charge in [0.1, 0.15) is 103 Å². The molecular formula is C56H91NaO28S. The molecule has 0 spiro atoms. The van der Waals surface area contributed by atoms with Crippen LogP contribution in [-0.4, -0.2) is 264 Å². The van der Waals surface area contributed by atoms with E-state index >= 15 is 0 Å². The number of aliphatic hydroxyl groups is 13. The Balaban J connectivity index is 0.00000961. The quantitative estimate of drug-likeness (QED) is 0.0263. The molecule has 33 atom stereocenters. The number of aliphatic hydroxyl groups excluding tert-OH is 12. The summed E-state index contributed by atoms with van der Waals surface area (Å²) >= 11 is 0. The molecule has 0 aromatic rings. The van der Waals surface area contributed by atoms with Gasteiger partial charge in [0.2, 0.25) is 10.4 Å². The van der Waals surface area contributed by atoms with Crippen molar-refractivity contribution in [1.82, 2.24) is 0 Å². The number of carbonyl (C=O) groups excluding carboxylic acids is 1. The third-order valence-corrected chi connectivity index (χ3v) is 20.8. The Bertz CT molecular complexity index is 2430. The van der Waals surface area contributed by atoms with Gasteiger partial charge in [-0.05, 0) is 113 Å². The number of ether oxygens (including phenoxy) is 10. The van der Waals surface area contributed by atoms with Crippen LogP contribution in [0.1, 0.15) is 113 Å². The molecule has 28 nitrogen and oxygen atoms in total. The molecule has 16 unspecified atom stereocenters. The maximum absolute atomic E-state index is 13.2. The summed E-state index contributed by atoms with van der Waals surface area (Å²) < 4.78 is 102. The van der Waals surface area contributed by atoms with Gasteiger partial charge in [0.25, 0.3) is 0 Å². The van der Waals surface area contributed by atoms with E-state index in [2.05, 4.69) is 19.9 Å². The zero-order valence-electron chi connectivity index (χ0n) is 50.1. The molecule has 5 heterocycles. The normalized spacial score (nSPS) is 50.7. The van der Waals surface area contributed by atoms with Crippen LogP contribution in [0.4, 0.5) is 0 Å². The summed E-state index contributed by atoms with van der Waals surface area (Å²) in [5.41, 5.74) is -1.31. The first kappa shape index (κ1) is 71.2. The number of fused-ring (bicyclic) bond motifs is 5. The molecule has 0 amide bonds. The number of ketones is 1. The molecule has 5 saturated heterocycles. The number of rotatable bonds is 18. The smallest absolute Gasteiger partial charge is 0.726 e. The zero-order valence-corrected chi connectivity index (χ0v) is 52.9. The van der Waals surface area contributed by atoms with Gasteiger partial charge < -0.3 is 118 Å². The van der Waals surface area contributed by atoms with Crippen LogP contribution in [-0.2, 0) is 66.7 Å². The van der Waals surface area contributed by atoms with Crippen molar-refractivity contribution in [2.24, 2.45) is 40.4 Å². The predicted octanol–water partition coefficient (Wildman–Crippen LogP) is -6.02. The van der Waals surface area contributed by atoms with Crippen LogP contribution >= 0.6 is 0 Å². The molecule has 0 bridgehead atoms. The molecule has 0 aromatic carbocycles. The van der Waals surface area contributed by atoms with Crippen molar-refractivity contribution in [2.45, 2.75) is 278 Å². The van der Waals surface area contributed by atoms with Crippen molar-refractivity contribution in [3.05, 3.63) is 11.6 Å². The fourth-order valence-corrected chi connectivity index (χ4v) is 16.3. The van der Waals surface area contributed by atoms with Crippen LogP contribution in [0.5, 0.6) is 0 Å². The summed E-state index contributed by atoms with van der Waals surface area (Å²) in [4.78, 5) is 13.2. The van der Waals surface area contributed by atoms with Gasteiger partial charge in [0.05, 0.1) is 49.3 Å². The fraction of sp³-hybridized carbons (Fsp3) is 0.946. The molecule has 86 heavy (non-hydrogen) atoms. The standard InChI is InChI=1S/C56H92O28S.Na/c1-21(2)15-25(58)18-56(8,70)34-10-9-28-27-17-31(30-16-26(84-85(71,72)73)11-13-54(30,6)29(27)12-14-55(28,34)7)78-51-45(69)46(37(61)24(5)77-51)81-52-47(82-49-43(67)40(64)35(59)22(3)75-49)39(63)33(20-74-52)80-53-48(42(66)38(62)32(19-57)79-53)83-50-44(68)41(65)36(60)23(4)76-50;/h12,21-24,26-28,30-53,57,59-70H,9-11,13-20H2,1-8H3,(H,71,72,73);/q;+1/p-1/t22?,23?,24?,26-,27-,28?,30+,31-,32?,33+,34-,35+,36-,37+,38-,39?,40?,41?,42?,43?,44?,45?,46?,47?,48?,49-,50-,51-,52-,53-,54+,55-,56?;/m0./s1. The minimum absolute atomic E-state index is 0. The van der Waals surface area contributed by atoms with E-state index in [9.17, 15) is 84.1 Å². The third-order valence-electron chi connectivity index (χ3n) is 20.3. The van der Waals surface area contributed by atoms with E-state index in [0.29, 0.717) is 38.5 Å². The van der Waals surface area contributed by atoms with E-state index in [0.717, 1.165) is 5.57 Å². The maximum atomic E-state index is 13.2. The molecule has 0 aromatic heterocycles. The van der Waals surface area contributed by atoms with E-state index in [-0.39, 0.29) is 78.3 Å². The Labute approximate surface area is 522 Å². The monoisotopic (exact) mass is 1270 g/mol. The molecule has 4 aliphatic carbocycles. The van der Waals surface area contributed by atoms with Crippen molar-refractivity contribution < 1.29 is 165 Å². The molecule has 0 radical (unpaired) electrons. The summed E-state index contributed by atoms with van der Waals surface area (Å²) in [5, 5.41) is 145. The van der Waals surface area contributed by atoms with Gasteiger partial charge in [0.15, 0.2) is 31.5 Å². The van der Waals surface area contributed by atoms with Crippen molar-refractivity contribution in [2.75, 3.05) is 13.2 Å². The van der Waals surface area contributed by atoms with Gasteiger partial charge in [-0.1, -0.05) is 39.3 Å². The first-order chi connectivity index (χ1) is 39.7. The van der Waals surface area contributed by atoms with Crippen molar-refractivity contribution >= 4 is 16.2 Å². The Morgan fingerprint density at radius 3 is 1.78 bits per heavy atom. The second kappa shape index (κ2) is 27.7. The van der Waals surface area contributed by atoms with Crippen LogP contribution in [0, 0.1) is 40.4 Å². The van der Waals surface area contributed by atoms with Gasteiger partial charge >= 0.3 is 29.6 Å². The molecule has 9 rings (SSSR count). The van der Waals surface area contributed by atoms with Gasteiger partial charge in [-0.25, -0.2) is 8.42 Å². The summed E-state index contributed by atoms with van der Waals surface area (Å²) in [6, 6.07) is 0. The van der Waals surface area contributed by atoms with Crippen LogP contribution in [0.15, 0.2) is 11.6 Å². The Kier molecular flexibility index (Phi) is 23.0. The molecule has 8 fully saturated rings. The summed E-state index contributed by atoms with van der Waals surface area (Å²) in [7, 11) is -5.13. The molecule has 3 saturated carbocycles. The van der Waals surface area contributed by atoms with E-state index in [4.69, 9.17) is 51.6 Å². The summed E-state index contributed by atoms with van der Waals surface area (Å²) in [5.74, 6) is -0.864. The minimum atomic E-state index is -5.13. The Morgan fingerprint density at radius 2 is 1.21 bits per heavy atom. The molecule has 13 N–H and O–H groups in total. The van der Waals surface area contributed by atoms with Gasteiger partial charge in [-0.3, -0.25) is 8.98 Å². The van der Waals surface area contributed by atoms with Crippen molar-refractivity contribution in [3.63, 3.8) is 0 Å². The van der Waals surface area contributed by atoms with Gasteiger partial charge in [-0.2, -0.15) is 0 Å². The first-order valence-electron chi connectivity index (χ1n) is 29.9. The molecule has 5 aliphatic heterocycles. The SMILES string of the molecule is CC(C)CC(=O)CC(C)(O)[C@H]1CCC2[C@@H]3C[C@H](O[C@@H]4OC(C)[C@@H](O)C(O[C@@H]5OC[C@@H](O[C@@H]6OC(CO)[C@H](O)C(O)C6O[C@@H]6OC(C)[C@H](O)C(O)C6O)C(O)C5O[C@@H]5OC(C)[C@@H](O)C(O)C5O)C4O)[C@H]4C[C@@H](OS(=O)(=O)[O-])CC[C@]4(C)C3=CC[C@@]21C.[Na+]. The maximum Gasteiger partial charge on any atom is 1.00 e. The average Bonchev–Trinajstić information content (AvgIpc) is 1.30. The largest absolute Gasteiger partial charge is 1.00 e. The second-order valence-corrected chi connectivity index (χ2v) is 27.7. The second-order valence-electron chi connectivity index (χ2n) is 26.6. The van der Waals surface area contributed by atoms with E-state index in [1.165, 1.54) is 20.8 Å². The number of allylic oxidation sites excluding steroid dienone is 2. The van der Waals surface area contributed by atoms with Crippen molar-refractivity contribution in [3.8, 4) is 0 Å². The van der Waals surface area contributed by atoms with E-state index < -0.39 is 206 Å². The Morgan fingerprint density at radius 1 is 0.663 bits per heavy atom. The van der Waals surface area contributed by atoms with E-state index in [1.807, 2.05) is 13.8 Å². The summed E-state index contributed by atoms with van der Waals surface area (Å²) in [6.45, 7) is 12.5. The zero-order chi connectivity index (χ0) is 62.3. The fourth-order valence-electron chi connectivity index (χ4n) is 15.8. The van der Waals surface area contributed by atoms with Crippen LogP contribution in [0.25, 0.3) is 0 Å². The Hall–Kier alpha value is -0.640.